The third-order valence-electron chi connectivity index (χ3n) is 6.36. The monoisotopic (exact) mass is 460 g/mol. The zero-order valence-electron chi connectivity index (χ0n) is 19.8. The molecule has 0 saturated carbocycles. The molecular weight excluding hydrogens is 436 g/mol. The van der Waals surface area contributed by atoms with Crippen molar-refractivity contribution in [3.8, 4) is 22.5 Å². The number of aryl methyl sites for hydroxylation is 3. The number of nitrogens with one attached hydrogen (secondary N) is 1. The largest absolute Gasteiger partial charge is 0.308 e. The van der Waals surface area contributed by atoms with Gasteiger partial charge in [0.25, 0.3) is 0 Å². The lowest BCUT2D eigenvalue weighted by molar-refractivity contribution is 0.745. The average molecular weight is 461 g/mol. The SMILES string of the molecule is CCc1nc2c(C)cc(C)nc2n1Cc1ccc(-c2c(-c3nn[nH]n3)cnc3ccccc23)cc1. The predicted molar refractivity (Wildman–Crippen MR) is 136 cm³/mol. The van der Waals surface area contributed by atoms with Crippen LogP contribution in [0, 0.1) is 13.8 Å². The van der Waals surface area contributed by atoms with Gasteiger partial charge in [-0.05, 0) is 47.9 Å². The molecular formula is C27H24N8. The molecule has 0 unspecified atom stereocenters. The molecule has 0 aliphatic carbocycles. The number of aromatic nitrogens is 8. The van der Waals surface area contributed by atoms with E-state index in [9.17, 15) is 0 Å². The first kappa shape index (κ1) is 21.1. The second kappa shape index (κ2) is 8.39. The van der Waals surface area contributed by atoms with Gasteiger partial charge in [0.1, 0.15) is 11.3 Å². The van der Waals surface area contributed by atoms with E-state index in [-0.39, 0.29) is 0 Å². The third kappa shape index (κ3) is 3.63. The second-order valence-corrected chi connectivity index (χ2v) is 8.72. The number of hydrogen-bond donors (Lipinski definition) is 1. The average Bonchev–Trinajstić information content (AvgIpc) is 3.53. The van der Waals surface area contributed by atoms with Crippen molar-refractivity contribution in [2.75, 3.05) is 0 Å². The summed E-state index contributed by atoms with van der Waals surface area (Å²) in [6, 6.07) is 18.8. The van der Waals surface area contributed by atoms with Gasteiger partial charge in [-0.25, -0.2) is 9.97 Å². The molecule has 0 aliphatic rings. The summed E-state index contributed by atoms with van der Waals surface area (Å²) in [5, 5.41) is 15.8. The number of nitrogens with zero attached hydrogens (tertiary/aromatic N) is 7. The quantitative estimate of drug-likeness (QED) is 0.386. The molecule has 8 nitrogen and oxygen atoms in total. The van der Waals surface area contributed by atoms with Crippen molar-refractivity contribution >= 4 is 22.1 Å². The van der Waals surface area contributed by atoms with E-state index in [0.29, 0.717) is 12.4 Å². The Kier molecular flexibility index (Phi) is 5.06. The maximum atomic E-state index is 4.88. The Morgan fingerprint density at radius 1 is 0.971 bits per heavy atom. The van der Waals surface area contributed by atoms with Crippen LogP contribution in [0.3, 0.4) is 0 Å². The fourth-order valence-electron chi connectivity index (χ4n) is 4.74. The molecule has 0 bridgehead atoms. The molecule has 4 aromatic heterocycles. The summed E-state index contributed by atoms with van der Waals surface area (Å²) in [6.45, 7) is 6.98. The van der Waals surface area contributed by atoms with Crippen LogP contribution in [0.1, 0.15) is 29.6 Å². The van der Waals surface area contributed by atoms with Gasteiger partial charge in [-0.15, -0.1) is 10.2 Å². The number of imidazole rings is 1. The van der Waals surface area contributed by atoms with Gasteiger partial charge in [0.05, 0.1) is 12.1 Å². The normalized spacial score (nSPS) is 11.5. The summed E-state index contributed by atoms with van der Waals surface area (Å²) in [6.07, 6.45) is 2.67. The topological polar surface area (TPSA) is 98.1 Å². The molecule has 2 aromatic carbocycles. The standard InChI is InChI=1S/C27H24N8/c1-4-23-30-25-16(2)13-17(3)29-27(25)35(23)15-18-9-11-19(12-10-18)24-20-7-5-6-8-22(20)28-14-21(24)26-31-33-34-32-26/h5-14H,4,15H2,1-3H3,(H,31,32,33,34). The molecule has 0 atom stereocenters. The number of tetrazole rings is 1. The van der Waals surface area contributed by atoms with E-state index in [2.05, 4.69) is 80.4 Å². The number of benzene rings is 2. The third-order valence-corrected chi connectivity index (χ3v) is 6.36. The van der Waals surface area contributed by atoms with Crippen LogP contribution >= 0.6 is 0 Å². The summed E-state index contributed by atoms with van der Waals surface area (Å²) < 4.78 is 2.23. The summed E-state index contributed by atoms with van der Waals surface area (Å²) in [5.74, 6) is 1.57. The first-order chi connectivity index (χ1) is 17.1. The van der Waals surface area contributed by atoms with Gasteiger partial charge in [0.2, 0.25) is 5.82 Å². The van der Waals surface area contributed by atoms with Crippen LogP contribution in [0.5, 0.6) is 0 Å². The molecule has 1 N–H and O–H groups in total. The minimum Gasteiger partial charge on any atom is -0.308 e. The highest BCUT2D eigenvalue weighted by Crippen LogP contribution is 2.35. The lowest BCUT2D eigenvalue weighted by atomic mass is 9.95. The zero-order valence-corrected chi connectivity index (χ0v) is 19.8. The van der Waals surface area contributed by atoms with Crippen molar-refractivity contribution in [2.24, 2.45) is 0 Å². The zero-order chi connectivity index (χ0) is 23.9. The highest BCUT2D eigenvalue weighted by Gasteiger charge is 2.17. The number of para-hydroxylation sites is 1. The van der Waals surface area contributed by atoms with E-state index in [4.69, 9.17) is 9.97 Å². The number of hydrogen-bond acceptors (Lipinski definition) is 6. The van der Waals surface area contributed by atoms with Crippen LogP contribution in [-0.4, -0.2) is 40.1 Å². The van der Waals surface area contributed by atoms with E-state index in [1.807, 2.05) is 31.3 Å². The van der Waals surface area contributed by atoms with Crippen LogP contribution in [0.2, 0.25) is 0 Å². The van der Waals surface area contributed by atoms with Crippen LogP contribution in [-0.2, 0) is 13.0 Å². The molecule has 172 valence electrons. The maximum Gasteiger partial charge on any atom is 0.206 e. The number of pyridine rings is 2. The van der Waals surface area contributed by atoms with E-state index in [0.717, 1.165) is 62.3 Å². The Labute approximate surface area is 202 Å². The lowest BCUT2D eigenvalue weighted by Gasteiger charge is -2.12. The van der Waals surface area contributed by atoms with Crippen molar-refractivity contribution in [1.82, 2.24) is 40.1 Å². The fourth-order valence-corrected chi connectivity index (χ4v) is 4.74. The Balaban J connectivity index is 1.44. The number of H-pyrrole nitrogens is 1. The van der Waals surface area contributed by atoms with E-state index in [1.165, 1.54) is 5.56 Å². The van der Waals surface area contributed by atoms with Gasteiger partial charge in [-0.2, -0.15) is 5.21 Å². The molecule has 0 amide bonds. The van der Waals surface area contributed by atoms with Gasteiger partial charge in [0, 0.05) is 34.8 Å². The molecule has 0 radical (unpaired) electrons. The summed E-state index contributed by atoms with van der Waals surface area (Å²) in [4.78, 5) is 14.3. The van der Waals surface area contributed by atoms with Gasteiger partial charge < -0.3 is 4.57 Å². The Morgan fingerprint density at radius 2 is 1.80 bits per heavy atom. The lowest BCUT2D eigenvalue weighted by Crippen LogP contribution is -2.05. The van der Waals surface area contributed by atoms with E-state index >= 15 is 0 Å². The van der Waals surface area contributed by atoms with E-state index in [1.54, 1.807) is 0 Å². The smallest absolute Gasteiger partial charge is 0.206 e. The van der Waals surface area contributed by atoms with Crippen molar-refractivity contribution < 1.29 is 0 Å². The minimum absolute atomic E-state index is 0.525. The van der Waals surface area contributed by atoms with Crippen LogP contribution in [0.25, 0.3) is 44.6 Å². The number of aromatic amines is 1. The predicted octanol–water partition coefficient (Wildman–Crippen LogP) is 5.05. The molecule has 35 heavy (non-hydrogen) atoms. The molecule has 6 aromatic rings. The Morgan fingerprint density at radius 3 is 2.57 bits per heavy atom. The van der Waals surface area contributed by atoms with Crippen molar-refractivity contribution in [1.29, 1.82) is 0 Å². The molecule has 0 fully saturated rings. The molecule has 0 spiro atoms. The summed E-state index contributed by atoms with van der Waals surface area (Å²) in [5.41, 5.74) is 9.16. The van der Waals surface area contributed by atoms with Crippen LogP contribution < -0.4 is 0 Å². The van der Waals surface area contributed by atoms with Crippen molar-refractivity contribution in [3.63, 3.8) is 0 Å². The highest BCUT2D eigenvalue weighted by molar-refractivity contribution is 6.01. The fraction of sp³-hybridized carbons (Fsp3) is 0.185. The van der Waals surface area contributed by atoms with Crippen LogP contribution in [0.15, 0.2) is 60.8 Å². The highest BCUT2D eigenvalue weighted by atomic mass is 15.5. The molecule has 6 rings (SSSR count). The maximum absolute atomic E-state index is 4.88. The first-order valence-electron chi connectivity index (χ1n) is 11.7. The molecule has 8 heteroatoms. The van der Waals surface area contributed by atoms with Crippen LogP contribution in [0.4, 0.5) is 0 Å². The van der Waals surface area contributed by atoms with Gasteiger partial charge >= 0.3 is 0 Å². The molecule has 4 heterocycles. The summed E-state index contributed by atoms with van der Waals surface area (Å²) >= 11 is 0. The van der Waals surface area contributed by atoms with E-state index < -0.39 is 0 Å². The van der Waals surface area contributed by atoms with Gasteiger partial charge in [0.15, 0.2) is 5.65 Å². The van der Waals surface area contributed by atoms with Crippen molar-refractivity contribution in [2.45, 2.75) is 33.7 Å². The number of fused-ring (bicyclic) bond motifs is 2. The number of rotatable bonds is 5. The molecule has 0 saturated heterocycles. The summed E-state index contributed by atoms with van der Waals surface area (Å²) in [7, 11) is 0. The first-order valence-corrected chi connectivity index (χ1v) is 11.7. The Hall–Kier alpha value is -4.46. The molecule has 0 aliphatic heterocycles. The second-order valence-electron chi connectivity index (χ2n) is 8.72. The minimum atomic E-state index is 0.525. The van der Waals surface area contributed by atoms with Gasteiger partial charge in [-0.3, -0.25) is 4.98 Å². The van der Waals surface area contributed by atoms with Gasteiger partial charge in [-0.1, -0.05) is 49.4 Å². The van der Waals surface area contributed by atoms with Crippen molar-refractivity contribution in [3.05, 3.63) is 83.4 Å². The Bertz CT molecular complexity index is 1660.